The van der Waals surface area contributed by atoms with E-state index in [-0.39, 0.29) is 12.5 Å². The summed E-state index contributed by atoms with van der Waals surface area (Å²) in [7, 11) is 0. The molecule has 9 heteroatoms. The number of benzene rings is 2. The van der Waals surface area contributed by atoms with Crippen LogP contribution in [0.2, 0.25) is 5.02 Å². The molecule has 1 unspecified atom stereocenters. The van der Waals surface area contributed by atoms with E-state index in [0.29, 0.717) is 23.8 Å². The molecule has 35 heavy (non-hydrogen) atoms. The zero-order valence-corrected chi connectivity index (χ0v) is 20.0. The quantitative estimate of drug-likeness (QED) is 0.555. The molecule has 3 atom stereocenters. The monoisotopic (exact) mass is 498 g/mol. The van der Waals surface area contributed by atoms with Crippen LogP contribution in [0.3, 0.4) is 0 Å². The SMILES string of the molecule is CC(=O)N1C[C@H]2CC(c3ccc(CCCOc4ccccc4Cl)cc3)=C[C@@H](C1C(=O)O)N2C(=O)O. The number of carboxylic acid groups (broad SMARTS) is 2. The van der Waals surface area contributed by atoms with Crippen LogP contribution in [0.15, 0.2) is 54.6 Å². The average Bonchev–Trinajstić information content (AvgIpc) is 2.81. The molecule has 2 amide bonds. The van der Waals surface area contributed by atoms with Gasteiger partial charge in [0.25, 0.3) is 0 Å². The van der Waals surface area contributed by atoms with Crippen LogP contribution in [0.4, 0.5) is 4.79 Å². The Morgan fingerprint density at radius 3 is 2.43 bits per heavy atom. The number of amides is 2. The summed E-state index contributed by atoms with van der Waals surface area (Å²) in [5.74, 6) is -0.934. The molecule has 2 aliphatic heterocycles. The van der Waals surface area contributed by atoms with Crippen molar-refractivity contribution in [2.75, 3.05) is 13.2 Å². The van der Waals surface area contributed by atoms with E-state index in [1.54, 1.807) is 12.1 Å². The van der Waals surface area contributed by atoms with Crippen LogP contribution in [-0.2, 0) is 16.0 Å². The number of carbonyl (C=O) groups is 3. The minimum atomic E-state index is -1.26. The summed E-state index contributed by atoms with van der Waals surface area (Å²) < 4.78 is 5.73. The second kappa shape index (κ2) is 10.4. The summed E-state index contributed by atoms with van der Waals surface area (Å²) in [5.41, 5.74) is 2.94. The molecule has 0 aliphatic carbocycles. The minimum Gasteiger partial charge on any atom is -0.492 e. The molecule has 2 aromatic carbocycles. The minimum absolute atomic E-state index is 0.0515. The fourth-order valence-corrected chi connectivity index (χ4v) is 5.07. The van der Waals surface area contributed by atoms with Gasteiger partial charge in [-0.2, -0.15) is 0 Å². The Hall–Kier alpha value is -3.52. The second-order valence-electron chi connectivity index (χ2n) is 8.76. The van der Waals surface area contributed by atoms with Crippen LogP contribution in [0, 0.1) is 0 Å². The van der Waals surface area contributed by atoms with Gasteiger partial charge in [-0.1, -0.05) is 54.1 Å². The number of nitrogens with zero attached hydrogens (tertiary/aromatic N) is 2. The molecule has 184 valence electrons. The number of halogens is 1. The number of piperazine rings is 1. The van der Waals surface area contributed by atoms with Gasteiger partial charge < -0.3 is 19.8 Å². The lowest BCUT2D eigenvalue weighted by Crippen LogP contribution is -2.68. The topological polar surface area (TPSA) is 107 Å². The van der Waals surface area contributed by atoms with Crippen molar-refractivity contribution in [3.8, 4) is 5.75 Å². The largest absolute Gasteiger partial charge is 0.492 e. The van der Waals surface area contributed by atoms with Crippen molar-refractivity contribution in [3.05, 3.63) is 70.8 Å². The van der Waals surface area contributed by atoms with Gasteiger partial charge in [0, 0.05) is 13.5 Å². The van der Waals surface area contributed by atoms with E-state index in [2.05, 4.69) is 0 Å². The Morgan fingerprint density at radius 2 is 1.80 bits per heavy atom. The molecule has 2 aromatic rings. The summed E-state index contributed by atoms with van der Waals surface area (Å²) >= 11 is 6.10. The summed E-state index contributed by atoms with van der Waals surface area (Å²) in [6.45, 7) is 1.90. The Morgan fingerprint density at radius 1 is 1.09 bits per heavy atom. The Balaban J connectivity index is 1.46. The zero-order chi connectivity index (χ0) is 25.1. The smallest absolute Gasteiger partial charge is 0.408 e. The van der Waals surface area contributed by atoms with Crippen molar-refractivity contribution in [1.29, 1.82) is 0 Å². The predicted octanol–water partition coefficient (Wildman–Crippen LogP) is 4.17. The molecule has 2 N–H and O–H groups in total. The van der Waals surface area contributed by atoms with E-state index < -0.39 is 30.2 Å². The number of hydrogen-bond donors (Lipinski definition) is 2. The van der Waals surface area contributed by atoms with Crippen molar-refractivity contribution in [2.24, 2.45) is 0 Å². The van der Waals surface area contributed by atoms with Crippen LogP contribution < -0.4 is 4.74 Å². The van der Waals surface area contributed by atoms with Gasteiger partial charge >= 0.3 is 12.1 Å². The number of hydrogen-bond acceptors (Lipinski definition) is 4. The highest BCUT2D eigenvalue weighted by molar-refractivity contribution is 6.32. The van der Waals surface area contributed by atoms with Crippen LogP contribution >= 0.6 is 11.6 Å². The molecule has 0 aromatic heterocycles. The van der Waals surface area contributed by atoms with Gasteiger partial charge in [-0.25, -0.2) is 9.59 Å². The molecular weight excluding hydrogens is 472 g/mol. The van der Waals surface area contributed by atoms with Gasteiger partial charge in [-0.3, -0.25) is 9.69 Å². The molecule has 1 fully saturated rings. The first-order valence-corrected chi connectivity index (χ1v) is 11.8. The molecule has 2 bridgehead atoms. The fraction of sp³-hybridized carbons (Fsp3) is 0.346. The van der Waals surface area contributed by atoms with E-state index in [1.165, 1.54) is 16.7 Å². The lowest BCUT2D eigenvalue weighted by Gasteiger charge is -2.50. The van der Waals surface area contributed by atoms with Gasteiger partial charge in [-0.05, 0) is 48.1 Å². The molecule has 0 spiro atoms. The molecule has 0 saturated carbocycles. The maximum Gasteiger partial charge on any atom is 0.408 e. The highest BCUT2D eigenvalue weighted by atomic mass is 35.5. The predicted molar refractivity (Wildman–Crippen MR) is 131 cm³/mol. The Labute approximate surface area is 208 Å². The number of carbonyl (C=O) groups excluding carboxylic acids is 1. The number of aryl methyl sites for hydroxylation is 1. The lowest BCUT2D eigenvalue weighted by molar-refractivity contribution is -0.156. The van der Waals surface area contributed by atoms with Crippen molar-refractivity contribution in [1.82, 2.24) is 9.80 Å². The van der Waals surface area contributed by atoms with E-state index in [1.807, 2.05) is 42.5 Å². The zero-order valence-electron chi connectivity index (χ0n) is 19.3. The highest BCUT2D eigenvalue weighted by Gasteiger charge is 2.50. The van der Waals surface area contributed by atoms with Gasteiger partial charge in [0.1, 0.15) is 5.75 Å². The molecule has 1 saturated heterocycles. The van der Waals surface area contributed by atoms with Gasteiger partial charge in [0.2, 0.25) is 5.91 Å². The van der Waals surface area contributed by atoms with Gasteiger partial charge in [-0.15, -0.1) is 0 Å². The van der Waals surface area contributed by atoms with Crippen LogP contribution in [0.5, 0.6) is 5.75 Å². The highest BCUT2D eigenvalue weighted by Crippen LogP contribution is 2.36. The normalized spacial score (nSPS) is 21.3. The van der Waals surface area contributed by atoms with Crippen molar-refractivity contribution in [3.63, 3.8) is 0 Å². The van der Waals surface area contributed by atoms with E-state index in [9.17, 15) is 24.6 Å². The maximum absolute atomic E-state index is 12.1. The van der Waals surface area contributed by atoms with Crippen LogP contribution in [0.25, 0.3) is 5.57 Å². The summed E-state index contributed by atoms with van der Waals surface area (Å²) in [6.07, 6.45) is 2.54. The molecule has 0 radical (unpaired) electrons. The number of para-hydroxylation sites is 1. The first-order chi connectivity index (χ1) is 16.8. The summed E-state index contributed by atoms with van der Waals surface area (Å²) in [4.78, 5) is 38.4. The first kappa shape index (κ1) is 24.6. The third-order valence-corrected chi connectivity index (χ3v) is 6.83. The number of ether oxygens (including phenoxy) is 1. The number of fused-ring (bicyclic) bond motifs is 2. The van der Waals surface area contributed by atoms with Crippen molar-refractivity contribution >= 4 is 35.1 Å². The van der Waals surface area contributed by atoms with Crippen LogP contribution in [0.1, 0.15) is 30.9 Å². The van der Waals surface area contributed by atoms with E-state index >= 15 is 0 Å². The number of aliphatic carboxylic acids is 1. The Bertz CT molecular complexity index is 1150. The number of rotatable bonds is 7. The standard InChI is InChI=1S/C26H27ClN2O6/c1-16(30)28-15-20-13-19(14-22(24(28)25(31)32)29(20)26(33)34)18-10-8-17(9-11-18)5-4-12-35-23-7-3-2-6-21(23)27/h2-3,6-11,14,20,22,24H,4-5,12-13,15H2,1H3,(H,31,32)(H,33,34)/t20-,22+,24?/m1/s1. The Kier molecular flexibility index (Phi) is 7.31. The second-order valence-corrected chi connectivity index (χ2v) is 9.17. The molecular formula is C26H27ClN2O6. The summed E-state index contributed by atoms with van der Waals surface area (Å²) in [5, 5.41) is 20.1. The third-order valence-electron chi connectivity index (χ3n) is 6.52. The van der Waals surface area contributed by atoms with Crippen LogP contribution in [-0.4, -0.2) is 69.3 Å². The summed E-state index contributed by atoms with van der Waals surface area (Å²) in [6, 6.07) is 12.6. The molecule has 8 nitrogen and oxygen atoms in total. The van der Waals surface area contributed by atoms with Crippen molar-refractivity contribution in [2.45, 2.75) is 44.3 Å². The van der Waals surface area contributed by atoms with E-state index in [0.717, 1.165) is 29.5 Å². The average molecular weight is 499 g/mol. The van der Waals surface area contributed by atoms with Gasteiger partial charge in [0.15, 0.2) is 6.04 Å². The maximum atomic E-state index is 12.1. The molecule has 4 rings (SSSR count). The molecule has 2 aliphatic rings. The van der Waals surface area contributed by atoms with Gasteiger partial charge in [0.05, 0.1) is 23.7 Å². The van der Waals surface area contributed by atoms with E-state index in [4.69, 9.17) is 16.3 Å². The van der Waals surface area contributed by atoms with Crippen molar-refractivity contribution < 1.29 is 29.3 Å². The molecule has 2 heterocycles. The number of carboxylic acids is 1. The fourth-order valence-electron chi connectivity index (χ4n) is 4.88. The third kappa shape index (κ3) is 5.27. The first-order valence-electron chi connectivity index (χ1n) is 11.4. The lowest BCUT2D eigenvalue weighted by atomic mass is 9.84.